The molecule has 0 unspecified atom stereocenters. The molecule has 1 saturated carbocycles. The molecule has 1 aliphatic carbocycles. The van der Waals surface area contributed by atoms with Crippen molar-refractivity contribution >= 4 is 21.8 Å². The van der Waals surface area contributed by atoms with Crippen molar-refractivity contribution in [3.63, 3.8) is 0 Å². The Balaban J connectivity index is 0.997. The van der Waals surface area contributed by atoms with E-state index >= 15 is 0 Å². The summed E-state index contributed by atoms with van der Waals surface area (Å²) in [6.07, 6.45) is 11.2. The highest BCUT2D eigenvalue weighted by Gasteiger charge is 2.33. The van der Waals surface area contributed by atoms with Crippen LogP contribution < -0.4 is 14.2 Å². The lowest BCUT2D eigenvalue weighted by Gasteiger charge is -2.34. The van der Waals surface area contributed by atoms with Gasteiger partial charge >= 0.3 is 0 Å². The standard InChI is InChI=1S/C32H34N4O4/c1-36-28-13-14-33-21-27(28)26-11-9-22(17-29(26)36)23-10-12-30(34-20-23)39-24-18-25(19-24)40-32-8-6-7-31(35-32)38-16-5-3-2-4-15-37/h6-14,17,20-21,24-25,37H,2-5,15-16,18-19H2,1H3. The van der Waals surface area contributed by atoms with E-state index in [2.05, 4.69) is 50.8 Å². The summed E-state index contributed by atoms with van der Waals surface area (Å²) < 4.78 is 20.1. The van der Waals surface area contributed by atoms with Crippen LogP contribution in [0.25, 0.3) is 32.9 Å². The van der Waals surface area contributed by atoms with E-state index < -0.39 is 0 Å². The summed E-state index contributed by atoms with van der Waals surface area (Å²) in [5, 5.41) is 11.2. The van der Waals surface area contributed by atoms with Gasteiger partial charge in [0.15, 0.2) is 0 Å². The fraction of sp³-hybridized carbons (Fsp3) is 0.344. The first-order chi connectivity index (χ1) is 19.7. The number of unbranched alkanes of at least 4 members (excludes halogenated alkanes) is 3. The number of aryl methyl sites for hydroxylation is 1. The summed E-state index contributed by atoms with van der Waals surface area (Å²) in [5.41, 5.74) is 4.50. The van der Waals surface area contributed by atoms with E-state index in [1.807, 2.05) is 48.9 Å². The van der Waals surface area contributed by atoms with Crippen LogP contribution in [-0.4, -0.2) is 50.0 Å². The van der Waals surface area contributed by atoms with Crippen LogP contribution in [0.5, 0.6) is 17.6 Å². The SMILES string of the molecule is Cn1c2ccncc2c2ccc(-c3ccc(OC4CC(Oc5cccc(OCCCCCCO)n5)C4)nc3)cc21. The predicted molar refractivity (Wildman–Crippen MR) is 155 cm³/mol. The molecule has 40 heavy (non-hydrogen) atoms. The smallest absolute Gasteiger partial charge is 0.216 e. The molecule has 1 N–H and O–H groups in total. The van der Waals surface area contributed by atoms with Gasteiger partial charge in [-0.25, -0.2) is 4.98 Å². The maximum Gasteiger partial charge on any atom is 0.216 e. The summed E-state index contributed by atoms with van der Waals surface area (Å²) >= 11 is 0. The Kier molecular flexibility index (Phi) is 7.77. The highest BCUT2D eigenvalue weighted by molar-refractivity contribution is 6.08. The van der Waals surface area contributed by atoms with Gasteiger partial charge < -0.3 is 23.9 Å². The zero-order valence-corrected chi connectivity index (χ0v) is 22.7. The molecule has 4 aromatic heterocycles. The molecule has 0 saturated heterocycles. The third kappa shape index (κ3) is 5.72. The number of aliphatic hydroxyl groups is 1. The van der Waals surface area contributed by atoms with Crippen LogP contribution >= 0.6 is 0 Å². The average Bonchev–Trinajstić information content (AvgIpc) is 3.25. The van der Waals surface area contributed by atoms with Crippen LogP contribution in [0.2, 0.25) is 0 Å². The maximum absolute atomic E-state index is 8.85. The molecule has 5 aromatic rings. The third-order valence-electron chi connectivity index (χ3n) is 7.51. The Morgan fingerprint density at radius 1 is 0.800 bits per heavy atom. The maximum atomic E-state index is 8.85. The van der Waals surface area contributed by atoms with E-state index in [1.165, 1.54) is 16.4 Å². The largest absolute Gasteiger partial charge is 0.478 e. The van der Waals surface area contributed by atoms with Crippen LogP contribution in [0.1, 0.15) is 38.5 Å². The number of benzene rings is 1. The Morgan fingerprint density at radius 3 is 2.42 bits per heavy atom. The van der Waals surface area contributed by atoms with Crippen molar-refractivity contribution < 1.29 is 19.3 Å². The second-order valence-corrected chi connectivity index (χ2v) is 10.3. The van der Waals surface area contributed by atoms with E-state index in [-0.39, 0.29) is 18.8 Å². The van der Waals surface area contributed by atoms with Crippen molar-refractivity contribution in [3.8, 4) is 28.8 Å². The van der Waals surface area contributed by atoms with Gasteiger partial charge in [0.05, 0.1) is 12.1 Å². The number of hydrogen-bond acceptors (Lipinski definition) is 7. The Bertz CT molecular complexity index is 1580. The average molecular weight is 539 g/mol. The summed E-state index contributed by atoms with van der Waals surface area (Å²) in [6, 6.07) is 18.1. The fourth-order valence-corrected chi connectivity index (χ4v) is 5.19. The van der Waals surface area contributed by atoms with Gasteiger partial charge in [-0.2, -0.15) is 4.98 Å². The van der Waals surface area contributed by atoms with Gasteiger partial charge in [-0.15, -0.1) is 0 Å². The van der Waals surface area contributed by atoms with Gasteiger partial charge in [-0.3, -0.25) is 4.98 Å². The van der Waals surface area contributed by atoms with Crippen molar-refractivity contribution in [2.45, 2.75) is 50.7 Å². The number of aliphatic hydroxyl groups excluding tert-OH is 1. The van der Waals surface area contributed by atoms with Gasteiger partial charge in [0, 0.05) is 85.1 Å². The Morgan fingerprint density at radius 2 is 1.60 bits per heavy atom. The van der Waals surface area contributed by atoms with Crippen molar-refractivity contribution in [2.24, 2.45) is 7.05 Å². The van der Waals surface area contributed by atoms with Crippen molar-refractivity contribution in [3.05, 3.63) is 73.2 Å². The van der Waals surface area contributed by atoms with Crippen LogP contribution in [0.15, 0.2) is 73.2 Å². The van der Waals surface area contributed by atoms with E-state index in [9.17, 15) is 0 Å². The Hall–Kier alpha value is -4.17. The number of hydrogen-bond donors (Lipinski definition) is 1. The van der Waals surface area contributed by atoms with Crippen molar-refractivity contribution in [1.29, 1.82) is 0 Å². The quantitative estimate of drug-likeness (QED) is 0.192. The summed E-state index contributed by atoms with van der Waals surface area (Å²) in [6.45, 7) is 0.864. The number of ether oxygens (including phenoxy) is 3. The molecule has 1 aliphatic rings. The Labute approximate surface area is 233 Å². The second kappa shape index (κ2) is 11.9. The van der Waals surface area contributed by atoms with Crippen molar-refractivity contribution in [1.82, 2.24) is 19.5 Å². The number of rotatable bonds is 12. The molecule has 0 aliphatic heterocycles. The number of nitrogens with zero attached hydrogens (tertiary/aromatic N) is 4. The molecule has 0 spiro atoms. The molecule has 0 atom stereocenters. The van der Waals surface area contributed by atoms with Crippen molar-refractivity contribution in [2.75, 3.05) is 13.2 Å². The van der Waals surface area contributed by atoms with Gasteiger partial charge in [0.25, 0.3) is 0 Å². The molecular weight excluding hydrogens is 504 g/mol. The van der Waals surface area contributed by atoms with Gasteiger partial charge in [0.2, 0.25) is 17.6 Å². The first-order valence-electron chi connectivity index (χ1n) is 14.0. The highest BCUT2D eigenvalue weighted by Crippen LogP contribution is 2.33. The lowest BCUT2D eigenvalue weighted by Crippen LogP contribution is -2.41. The molecule has 0 bridgehead atoms. The summed E-state index contributed by atoms with van der Waals surface area (Å²) in [5.74, 6) is 1.77. The van der Waals surface area contributed by atoms with E-state index in [0.29, 0.717) is 24.2 Å². The minimum Gasteiger partial charge on any atom is -0.478 e. The van der Waals surface area contributed by atoms with Crippen LogP contribution in [0.4, 0.5) is 0 Å². The normalized spacial score (nSPS) is 16.6. The first kappa shape index (κ1) is 26.1. The number of fused-ring (bicyclic) bond motifs is 3. The number of aromatic nitrogens is 4. The van der Waals surface area contributed by atoms with Gasteiger partial charge in [0.1, 0.15) is 12.2 Å². The summed E-state index contributed by atoms with van der Waals surface area (Å²) in [4.78, 5) is 13.3. The third-order valence-corrected chi connectivity index (χ3v) is 7.51. The minimum atomic E-state index is 0.0632. The van der Waals surface area contributed by atoms with Gasteiger partial charge in [-0.05, 0) is 43.0 Å². The molecule has 1 aromatic carbocycles. The molecule has 0 radical (unpaired) electrons. The fourth-order valence-electron chi connectivity index (χ4n) is 5.19. The van der Waals surface area contributed by atoms with Crippen LogP contribution in [0, 0.1) is 0 Å². The van der Waals surface area contributed by atoms with Crippen LogP contribution in [0.3, 0.4) is 0 Å². The molecule has 1 fully saturated rings. The summed E-state index contributed by atoms with van der Waals surface area (Å²) in [7, 11) is 2.09. The lowest BCUT2D eigenvalue weighted by atomic mass is 9.92. The molecule has 206 valence electrons. The van der Waals surface area contributed by atoms with Crippen LogP contribution in [-0.2, 0) is 7.05 Å². The topological polar surface area (TPSA) is 91.5 Å². The molecule has 0 amide bonds. The highest BCUT2D eigenvalue weighted by atomic mass is 16.5. The molecular formula is C32H34N4O4. The minimum absolute atomic E-state index is 0.0632. The molecule has 4 heterocycles. The second-order valence-electron chi connectivity index (χ2n) is 10.3. The monoisotopic (exact) mass is 538 g/mol. The lowest BCUT2D eigenvalue weighted by molar-refractivity contribution is -0.000239. The zero-order valence-electron chi connectivity index (χ0n) is 22.7. The predicted octanol–water partition coefficient (Wildman–Crippen LogP) is 6.10. The van der Waals surface area contributed by atoms with E-state index in [0.717, 1.165) is 55.0 Å². The van der Waals surface area contributed by atoms with Gasteiger partial charge in [-0.1, -0.05) is 24.6 Å². The molecule has 8 heteroatoms. The van der Waals surface area contributed by atoms with E-state index in [1.54, 1.807) is 0 Å². The first-order valence-corrected chi connectivity index (χ1v) is 14.0. The molecule has 8 nitrogen and oxygen atoms in total. The molecule has 6 rings (SSSR count). The zero-order chi connectivity index (χ0) is 27.3. The number of pyridine rings is 3. The van der Waals surface area contributed by atoms with E-state index in [4.69, 9.17) is 19.3 Å².